The molecule has 2 aromatic carbocycles. The van der Waals surface area contributed by atoms with E-state index in [1.807, 2.05) is 6.07 Å². The van der Waals surface area contributed by atoms with E-state index in [0.29, 0.717) is 11.3 Å². The van der Waals surface area contributed by atoms with E-state index in [9.17, 15) is 17.6 Å². The van der Waals surface area contributed by atoms with Gasteiger partial charge >= 0.3 is 6.36 Å². The molecule has 4 rings (SSSR count). The third kappa shape index (κ3) is 4.92. The molecule has 0 heterocycles. The summed E-state index contributed by atoms with van der Waals surface area (Å²) in [5.74, 6) is 1.90. The SMILES string of the molecule is CCCCC1CCC2CC(c3cc(F)c4cc(OC(F)(F)F)ccc4c3)CCC2C1. The number of unbranched alkanes of at least 4 members (excludes halogenated alkanes) is 1. The van der Waals surface area contributed by atoms with Crippen LogP contribution in [-0.2, 0) is 0 Å². The molecule has 2 saturated carbocycles. The predicted octanol–water partition coefficient (Wildman–Crippen LogP) is 8.37. The molecule has 1 nitrogen and oxygen atoms in total. The first-order valence-corrected chi connectivity index (χ1v) is 11.3. The zero-order valence-corrected chi connectivity index (χ0v) is 17.5. The van der Waals surface area contributed by atoms with E-state index < -0.39 is 12.2 Å². The van der Waals surface area contributed by atoms with Gasteiger partial charge in [-0.15, -0.1) is 13.2 Å². The van der Waals surface area contributed by atoms with Gasteiger partial charge in [0.05, 0.1) is 0 Å². The highest BCUT2D eigenvalue weighted by atomic mass is 19.4. The third-order valence-electron chi connectivity index (χ3n) is 7.29. The summed E-state index contributed by atoms with van der Waals surface area (Å²) < 4.78 is 56.1. The van der Waals surface area contributed by atoms with Crippen molar-refractivity contribution in [3.8, 4) is 5.75 Å². The van der Waals surface area contributed by atoms with Crippen LogP contribution in [0.2, 0.25) is 0 Å². The van der Waals surface area contributed by atoms with Crippen LogP contribution < -0.4 is 4.74 Å². The Kier molecular flexibility index (Phi) is 6.26. The maximum absolute atomic E-state index is 14.8. The van der Waals surface area contributed by atoms with E-state index in [4.69, 9.17) is 0 Å². The number of fused-ring (bicyclic) bond motifs is 2. The van der Waals surface area contributed by atoms with Gasteiger partial charge in [0.25, 0.3) is 0 Å². The highest BCUT2D eigenvalue weighted by Crippen LogP contribution is 2.48. The molecule has 0 saturated heterocycles. The van der Waals surface area contributed by atoms with Crippen molar-refractivity contribution in [1.82, 2.24) is 0 Å². The zero-order valence-electron chi connectivity index (χ0n) is 17.5. The minimum atomic E-state index is -4.78. The predicted molar refractivity (Wildman–Crippen MR) is 111 cm³/mol. The van der Waals surface area contributed by atoms with Crippen LogP contribution in [0.1, 0.15) is 76.2 Å². The monoisotopic (exact) mass is 422 g/mol. The van der Waals surface area contributed by atoms with E-state index in [-0.39, 0.29) is 11.1 Å². The second-order valence-electron chi connectivity index (χ2n) is 9.28. The van der Waals surface area contributed by atoms with Crippen LogP contribution in [-0.4, -0.2) is 6.36 Å². The number of alkyl halides is 3. The molecule has 0 bridgehead atoms. The first kappa shape index (κ1) is 21.5. The smallest absolute Gasteiger partial charge is 0.406 e. The summed E-state index contributed by atoms with van der Waals surface area (Å²) in [7, 11) is 0. The standard InChI is InChI=1S/C25H30F4O/c1-2-3-4-16-5-6-18-12-19(8-7-17(18)11-16)21-13-20-9-10-22(30-25(27,28)29)15-23(20)24(26)14-21/h9-10,13-19H,2-8,11-12H2,1H3. The van der Waals surface area contributed by atoms with Crippen molar-refractivity contribution >= 4 is 10.8 Å². The van der Waals surface area contributed by atoms with Crippen molar-refractivity contribution in [3.05, 3.63) is 41.7 Å². The molecule has 0 radical (unpaired) electrons. The first-order valence-electron chi connectivity index (χ1n) is 11.3. The number of hydrogen-bond donors (Lipinski definition) is 0. The van der Waals surface area contributed by atoms with Gasteiger partial charge in [0.1, 0.15) is 11.6 Å². The van der Waals surface area contributed by atoms with Gasteiger partial charge in [-0.3, -0.25) is 0 Å². The van der Waals surface area contributed by atoms with Crippen molar-refractivity contribution in [3.63, 3.8) is 0 Å². The molecule has 0 aromatic heterocycles. The van der Waals surface area contributed by atoms with Crippen LogP contribution in [0.5, 0.6) is 5.75 Å². The lowest BCUT2D eigenvalue weighted by molar-refractivity contribution is -0.274. The Morgan fingerprint density at radius 3 is 2.50 bits per heavy atom. The van der Waals surface area contributed by atoms with Crippen molar-refractivity contribution in [1.29, 1.82) is 0 Å². The van der Waals surface area contributed by atoms with Gasteiger partial charge in [-0.1, -0.05) is 44.7 Å². The molecule has 2 aliphatic carbocycles. The maximum atomic E-state index is 14.8. The Balaban J connectivity index is 1.47. The normalized spacial score (nSPS) is 27.1. The summed E-state index contributed by atoms with van der Waals surface area (Å²) in [6.45, 7) is 2.25. The Labute approximate surface area is 175 Å². The second-order valence-corrected chi connectivity index (χ2v) is 9.28. The minimum Gasteiger partial charge on any atom is -0.406 e. The Morgan fingerprint density at radius 2 is 1.73 bits per heavy atom. The molecule has 0 spiro atoms. The molecule has 0 amide bonds. The van der Waals surface area contributed by atoms with E-state index in [1.165, 1.54) is 63.1 Å². The van der Waals surface area contributed by atoms with Gasteiger partial charge in [0, 0.05) is 5.39 Å². The zero-order chi connectivity index (χ0) is 21.3. The van der Waals surface area contributed by atoms with E-state index in [2.05, 4.69) is 11.7 Å². The number of rotatable bonds is 5. The Morgan fingerprint density at radius 1 is 0.967 bits per heavy atom. The van der Waals surface area contributed by atoms with Gasteiger partial charge < -0.3 is 4.74 Å². The fraction of sp³-hybridized carbons (Fsp3) is 0.600. The topological polar surface area (TPSA) is 9.23 Å². The molecule has 164 valence electrons. The van der Waals surface area contributed by atoms with Crippen LogP contribution >= 0.6 is 0 Å². The van der Waals surface area contributed by atoms with Gasteiger partial charge in [0.15, 0.2) is 0 Å². The molecule has 2 fully saturated rings. The van der Waals surface area contributed by atoms with Gasteiger partial charge in [-0.25, -0.2) is 4.39 Å². The lowest BCUT2D eigenvalue weighted by Crippen LogP contribution is -2.30. The molecule has 2 aromatic rings. The summed E-state index contributed by atoms with van der Waals surface area (Å²) in [6.07, 6.45) is 6.51. The summed E-state index contributed by atoms with van der Waals surface area (Å²) in [6, 6.07) is 7.39. The average molecular weight is 423 g/mol. The summed E-state index contributed by atoms with van der Waals surface area (Å²) in [4.78, 5) is 0. The largest absolute Gasteiger partial charge is 0.573 e. The highest BCUT2D eigenvalue weighted by molar-refractivity contribution is 5.85. The van der Waals surface area contributed by atoms with Crippen molar-refractivity contribution < 1.29 is 22.3 Å². The number of halogens is 4. The third-order valence-corrected chi connectivity index (χ3v) is 7.29. The van der Waals surface area contributed by atoms with Crippen LogP contribution in [0.15, 0.2) is 30.3 Å². The van der Waals surface area contributed by atoms with Gasteiger partial charge in [-0.05, 0) is 84.9 Å². The van der Waals surface area contributed by atoms with Crippen LogP contribution in [0.4, 0.5) is 17.6 Å². The summed E-state index contributed by atoms with van der Waals surface area (Å²) in [5.41, 5.74) is 0.982. The van der Waals surface area contributed by atoms with Crippen molar-refractivity contribution in [2.75, 3.05) is 0 Å². The Bertz CT molecular complexity index is 875. The molecule has 30 heavy (non-hydrogen) atoms. The van der Waals surface area contributed by atoms with E-state index in [1.54, 1.807) is 0 Å². The quantitative estimate of drug-likeness (QED) is 0.440. The molecular weight excluding hydrogens is 392 g/mol. The molecule has 2 aliphatic rings. The molecule has 0 N–H and O–H groups in total. The molecule has 4 atom stereocenters. The fourth-order valence-corrected chi connectivity index (χ4v) is 5.79. The number of ether oxygens (including phenoxy) is 1. The summed E-state index contributed by atoms with van der Waals surface area (Å²) in [5, 5.41) is 0.801. The highest BCUT2D eigenvalue weighted by Gasteiger charge is 2.36. The molecule has 0 aliphatic heterocycles. The van der Waals surface area contributed by atoms with Crippen molar-refractivity contribution in [2.45, 2.75) is 77.0 Å². The van der Waals surface area contributed by atoms with E-state index in [0.717, 1.165) is 42.2 Å². The minimum absolute atomic E-state index is 0.172. The van der Waals surface area contributed by atoms with Gasteiger partial charge in [0.2, 0.25) is 0 Å². The number of benzene rings is 2. The molecule has 5 heteroatoms. The lowest BCUT2D eigenvalue weighted by atomic mass is 9.63. The molecular formula is C25H30F4O. The van der Waals surface area contributed by atoms with Crippen LogP contribution in [0.25, 0.3) is 10.8 Å². The van der Waals surface area contributed by atoms with Crippen LogP contribution in [0, 0.1) is 23.6 Å². The van der Waals surface area contributed by atoms with Crippen molar-refractivity contribution in [2.24, 2.45) is 17.8 Å². The summed E-state index contributed by atoms with van der Waals surface area (Å²) >= 11 is 0. The fourth-order valence-electron chi connectivity index (χ4n) is 5.79. The first-order chi connectivity index (χ1) is 14.3. The second kappa shape index (κ2) is 8.76. The maximum Gasteiger partial charge on any atom is 0.573 e. The van der Waals surface area contributed by atoms with Crippen LogP contribution in [0.3, 0.4) is 0 Å². The number of hydrogen-bond acceptors (Lipinski definition) is 1. The molecule has 4 unspecified atom stereocenters. The van der Waals surface area contributed by atoms with Gasteiger partial charge in [-0.2, -0.15) is 0 Å². The lowest BCUT2D eigenvalue weighted by Gasteiger charge is -2.42. The average Bonchev–Trinajstić information content (AvgIpc) is 2.71. The Hall–Kier alpha value is -1.78. The van der Waals surface area contributed by atoms with E-state index >= 15 is 0 Å².